The molecule has 0 aliphatic heterocycles. The third kappa shape index (κ3) is 5.33. The van der Waals surface area contributed by atoms with Crippen molar-refractivity contribution in [3.63, 3.8) is 0 Å². The summed E-state index contributed by atoms with van der Waals surface area (Å²) in [6, 6.07) is 8.19. The van der Waals surface area contributed by atoms with E-state index in [-0.39, 0.29) is 5.56 Å². The van der Waals surface area contributed by atoms with Crippen molar-refractivity contribution in [2.24, 2.45) is 5.73 Å². The van der Waals surface area contributed by atoms with Crippen LogP contribution in [0.4, 0.5) is 18.9 Å². The molecule has 1 atom stereocenters. The van der Waals surface area contributed by atoms with Crippen LogP contribution in [0.5, 0.6) is 0 Å². The highest BCUT2D eigenvalue weighted by atomic mass is 35.5. The van der Waals surface area contributed by atoms with Gasteiger partial charge in [-0.15, -0.1) is 0 Å². The average Bonchev–Trinajstić information content (AvgIpc) is 2.63. The molecule has 0 amide bonds. The van der Waals surface area contributed by atoms with Crippen molar-refractivity contribution in [3.05, 3.63) is 81.1 Å². The predicted octanol–water partition coefficient (Wildman–Crippen LogP) is 6.34. The molecule has 7 heteroatoms. The fraction of sp³-hybridized carbons (Fsp3) is 0.227. The topological polar surface area (TPSA) is 61.8 Å². The number of allylic oxidation sites excluding steroid dienone is 1. The first-order valence-electron chi connectivity index (χ1n) is 8.78. The zero-order valence-corrected chi connectivity index (χ0v) is 17.0. The fourth-order valence-corrected chi connectivity index (χ4v) is 3.21. The number of hydrogen-bond acceptors (Lipinski definition) is 3. The van der Waals surface area contributed by atoms with Gasteiger partial charge in [-0.3, -0.25) is 0 Å². The third-order valence-corrected chi connectivity index (χ3v) is 5.05. The van der Waals surface area contributed by atoms with E-state index >= 15 is 0 Å². The van der Waals surface area contributed by atoms with Crippen LogP contribution in [0.25, 0.3) is 6.08 Å². The number of hydrogen-bond donors (Lipinski definition) is 2. The van der Waals surface area contributed by atoms with E-state index < -0.39 is 12.1 Å². The first-order chi connectivity index (χ1) is 13.6. The SMILES string of the molecule is Cc1cc(C(/C=C/c2cc(C)c(N/C=C/N)c(C#N)c2)C(F)(F)F)cc(C)c1Cl. The van der Waals surface area contributed by atoms with Gasteiger partial charge < -0.3 is 11.1 Å². The third-order valence-electron chi connectivity index (χ3n) is 4.45. The van der Waals surface area contributed by atoms with E-state index in [0.717, 1.165) is 6.08 Å². The van der Waals surface area contributed by atoms with Gasteiger partial charge in [-0.2, -0.15) is 18.4 Å². The molecule has 3 nitrogen and oxygen atoms in total. The molecule has 0 bridgehead atoms. The van der Waals surface area contributed by atoms with E-state index in [1.54, 1.807) is 26.8 Å². The Kier molecular flexibility index (Phi) is 6.99. The molecule has 3 N–H and O–H groups in total. The van der Waals surface area contributed by atoms with Crippen molar-refractivity contribution in [1.29, 1.82) is 5.26 Å². The molecule has 0 saturated carbocycles. The van der Waals surface area contributed by atoms with Gasteiger partial charge >= 0.3 is 6.18 Å². The Morgan fingerprint density at radius 1 is 1.10 bits per heavy atom. The van der Waals surface area contributed by atoms with Gasteiger partial charge in [0.1, 0.15) is 6.07 Å². The zero-order valence-electron chi connectivity index (χ0n) is 16.2. The number of rotatable bonds is 5. The van der Waals surface area contributed by atoms with Crippen molar-refractivity contribution in [2.45, 2.75) is 32.9 Å². The summed E-state index contributed by atoms with van der Waals surface area (Å²) in [6.07, 6.45) is 0.782. The molecule has 0 fully saturated rings. The number of aryl methyl sites for hydroxylation is 3. The van der Waals surface area contributed by atoms with Crippen molar-refractivity contribution in [3.8, 4) is 6.07 Å². The van der Waals surface area contributed by atoms with E-state index in [2.05, 4.69) is 5.32 Å². The Labute approximate surface area is 173 Å². The zero-order chi connectivity index (χ0) is 21.8. The first kappa shape index (κ1) is 22.4. The lowest BCUT2D eigenvalue weighted by Crippen LogP contribution is -2.19. The number of nitrogens with one attached hydrogen (secondary N) is 1. The van der Waals surface area contributed by atoms with E-state index in [9.17, 15) is 18.4 Å². The molecule has 0 aromatic heterocycles. The Balaban J connectivity index is 2.48. The second kappa shape index (κ2) is 9.06. The molecule has 2 rings (SSSR count). The summed E-state index contributed by atoms with van der Waals surface area (Å²) in [6.45, 7) is 5.12. The fourth-order valence-electron chi connectivity index (χ4n) is 3.10. The van der Waals surface area contributed by atoms with Gasteiger partial charge in [0.25, 0.3) is 0 Å². The number of benzene rings is 2. The second-order valence-electron chi connectivity index (χ2n) is 6.72. The molecule has 29 heavy (non-hydrogen) atoms. The van der Waals surface area contributed by atoms with Gasteiger partial charge in [-0.1, -0.05) is 35.9 Å². The van der Waals surface area contributed by atoms with Crippen LogP contribution >= 0.6 is 11.6 Å². The minimum atomic E-state index is -4.47. The molecule has 0 aliphatic carbocycles. The lowest BCUT2D eigenvalue weighted by atomic mass is 9.93. The lowest BCUT2D eigenvalue weighted by Gasteiger charge is -2.19. The molecule has 1 unspecified atom stereocenters. The molecule has 0 saturated heterocycles. The van der Waals surface area contributed by atoms with E-state index in [0.29, 0.717) is 38.5 Å². The van der Waals surface area contributed by atoms with E-state index in [4.69, 9.17) is 17.3 Å². The first-order valence-corrected chi connectivity index (χ1v) is 9.15. The number of anilines is 1. The highest BCUT2D eigenvalue weighted by Gasteiger charge is 2.39. The summed E-state index contributed by atoms with van der Waals surface area (Å²) in [4.78, 5) is 0. The van der Waals surface area contributed by atoms with Crippen molar-refractivity contribution in [1.82, 2.24) is 0 Å². The summed E-state index contributed by atoms with van der Waals surface area (Å²) in [5.74, 6) is -1.79. The van der Waals surface area contributed by atoms with Crippen LogP contribution in [0.2, 0.25) is 5.02 Å². The molecule has 0 radical (unpaired) electrons. The highest BCUT2D eigenvalue weighted by Crippen LogP contribution is 2.38. The Morgan fingerprint density at radius 3 is 2.24 bits per heavy atom. The van der Waals surface area contributed by atoms with Gasteiger partial charge in [0.15, 0.2) is 0 Å². The molecule has 2 aromatic carbocycles. The van der Waals surface area contributed by atoms with Crippen LogP contribution < -0.4 is 11.1 Å². The molecular weight excluding hydrogens is 399 g/mol. The maximum atomic E-state index is 13.7. The maximum absolute atomic E-state index is 13.7. The summed E-state index contributed by atoms with van der Waals surface area (Å²) < 4.78 is 41.2. The number of nitrogens with two attached hydrogens (primary N) is 1. The van der Waals surface area contributed by atoms with Crippen LogP contribution in [-0.2, 0) is 0 Å². The largest absolute Gasteiger partial charge is 0.403 e. The number of halogens is 4. The van der Waals surface area contributed by atoms with Gasteiger partial charge in [0.05, 0.1) is 17.2 Å². The predicted molar refractivity (Wildman–Crippen MR) is 112 cm³/mol. The van der Waals surface area contributed by atoms with Crippen LogP contribution in [-0.4, -0.2) is 6.18 Å². The molecule has 2 aromatic rings. The van der Waals surface area contributed by atoms with Gasteiger partial charge in [-0.25, -0.2) is 0 Å². The van der Waals surface area contributed by atoms with E-state index in [1.807, 2.05) is 6.07 Å². The highest BCUT2D eigenvalue weighted by molar-refractivity contribution is 6.32. The molecular formula is C22H21ClF3N3. The van der Waals surface area contributed by atoms with Crippen molar-refractivity contribution < 1.29 is 13.2 Å². The van der Waals surface area contributed by atoms with Crippen LogP contribution in [0, 0.1) is 32.1 Å². The Morgan fingerprint density at radius 2 is 1.72 bits per heavy atom. The summed E-state index contributed by atoms with van der Waals surface area (Å²) >= 11 is 6.09. The maximum Gasteiger partial charge on any atom is 0.399 e. The smallest absolute Gasteiger partial charge is 0.399 e. The Hall–Kier alpha value is -2.91. The van der Waals surface area contributed by atoms with Crippen LogP contribution in [0.1, 0.15) is 39.3 Å². The number of nitrogens with zero attached hydrogens (tertiary/aromatic N) is 1. The monoisotopic (exact) mass is 419 g/mol. The minimum Gasteiger partial charge on any atom is -0.403 e. The lowest BCUT2D eigenvalue weighted by molar-refractivity contribution is -0.139. The van der Waals surface area contributed by atoms with Crippen molar-refractivity contribution in [2.75, 3.05) is 5.32 Å². The van der Waals surface area contributed by atoms with Crippen LogP contribution in [0.3, 0.4) is 0 Å². The van der Waals surface area contributed by atoms with Crippen LogP contribution in [0.15, 0.2) is 42.7 Å². The Bertz CT molecular complexity index is 979. The molecule has 0 spiro atoms. The van der Waals surface area contributed by atoms with E-state index in [1.165, 1.54) is 36.7 Å². The number of alkyl halides is 3. The number of nitriles is 1. The summed E-state index contributed by atoms with van der Waals surface area (Å²) in [5.41, 5.74) is 8.69. The summed E-state index contributed by atoms with van der Waals surface area (Å²) in [7, 11) is 0. The van der Waals surface area contributed by atoms with Gasteiger partial charge in [-0.05, 0) is 60.7 Å². The normalized spacial score (nSPS) is 13.0. The summed E-state index contributed by atoms with van der Waals surface area (Å²) in [5, 5.41) is 12.7. The molecule has 152 valence electrons. The van der Waals surface area contributed by atoms with Crippen molar-refractivity contribution >= 4 is 23.4 Å². The minimum absolute atomic E-state index is 0.122. The molecule has 0 heterocycles. The van der Waals surface area contributed by atoms with Gasteiger partial charge in [0.2, 0.25) is 0 Å². The average molecular weight is 420 g/mol. The van der Waals surface area contributed by atoms with Gasteiger partial charge in [0, 0.05) is 17.4 Å². The second-order valence-corrected chi connectivity index (χ2v) is 7.10. The standard InChI is InChI=1S/C22H21ClF3N3/c1-13-9-17(10-14(2)20(13)23)19(22(24,25)26)5-4-16-8-15(3)21(29-7-6-27)18(11-16)12-28/h4-11,19,29H,27H2,1-3H3/b5-4+,7-6+. The molecule has 0 aliphatic rings. The quantitative estimate of drug-likeness (QED) is 0.594.